The lowest BCUT2D eigenvalue weighted by Crippen LogP contribution is -2.36. The fourth-order valence-corrected chi connectivity index (χ4v) is 3.75. The van der Waals surface area contributed by atoms with Crippen LogP contribution < -0.4 is 5.32 Å². The topological polar surface area (TPSA) is 86.8 Å². The lowest BCUT2D eigenvalue weighted by molar-refractivity contribution is -0.137. The maximum atomic E-state index is 12.9. The van der Waals surface area contributed by atoms with Crippen LogP contribution in [-0.4, -0.2) is 44.1 Å². The number of anilines is 1. The summed E-state index contributed by atoms with van der Waals surface area (Å²) in [6.07, 6.45) is 1.28. The first-order valence-corrected chi connectivity index (χ1v) is 10.4. The summed E-state index contributed by atoms with van der Waals surface area (Å²) in [7, 11) is 0. The molecule has 1 amide bonds. The third-order valence-electron chi connectivity index (χ3n) is 5.59. The average Bonchev–Trinajstić information content (AvgIpc) is 3.19. The molecule has 0 saturated carbocycles. The zero-order chi connectivity index (χ0) is 23.0. The zero-order valence-corrected chi connectivity index (χ0v) is 17.4. The van der Waals surface area contributed by atoms with E-state index in [-0.39, 0.29) is 11.5 Å². The molecule has 0 unspecified atom stereocenters. The van der Waals surface area contributed by atoms with Gasteiger partial charge in [0.1, 0.15) is 5.82 Å². The van der Waals surface area contributed by atoms with E-state index in [9.17, 15) is 18.0 Å². The van der Waals surface area contributed by atoms with Gasteiger partial charge in [-0.1, -0.05) is 6.07 Å². The van der Waals surface area contributed by atoms with Crippen LogP contribution in [0.3, 0.4) is 0 Å². The number of aromatic amines is 1. The first kappa shape index (κ1) is 21.1. The molecule has 3 aromatic heterocycles. The first-order valence-electron chi connectivity index (χ1n) is 10.4. The second-order valence-corrected chi connectivity index (χ2v) is 7.93. The summed E-state index contributed by atoms with van der Waals surface area (Å²) < 4.78 is 38.8. The molecular formula is C23H19F3N6O. The van der Waals surface area contributed by atoms with E-state index in [1.54, 1.807) is 12.3 Å². The highest BCUT2D eigenvalue weighted by molar-refractivity contribution is 6.11. The van der Waals surface area contributed by atoms with Gasteiger partial charge >= 0.3 is 6.18 Å². The van der Waals surface area contributed by atoms with Gasteiger partial charge in [0, 0.05) is 36.1 Å². The number of nitrogens with one attached hydrogen (secondary N) is 2. The van der Waals surface area contributed by atoms with Gasteiger partial charge in [-0.3, -0.25) is 19.8 Å². The second-order valence-electron chi connectivity index (χ2n) is 7.93. The van der Waals surface area contributed by atoms with E-state index < -0.39 is 17.6 Å². The van der Waals surface area contributed by atoms with Gasteiger partial charge in [0.25, 0.3) is 5.91 Å². The Morgan fingerprint density at radius 2 is 1.94 bits per heavy atom. The molecule has 7 nitrogen and oxygen atoms in total. The van der Waals surface area contributed by atoms with Crippen LogP contribution in [0.2, 0.25) is 0 Å². The van der Waals surface area contributed by atoms with Crippen LogP contribution in [0.25, 0.3) is 22.0 Å². The van der Waals surface area contributed by atoms with Gasteiger partial charge in [0.2, 0.25) is 0 Å². The van der Waals surface area contributed by atoms with E-state index in [4.69, 9.17) is 0 Å². The minimum absolute atomic E-state index is 0.0655. The summed E-state index contributed by atoms with van der Waals surface area (Å²) >= 11 is 0. The summed E-state index contributed by atoms with van der Waals surface area (Å²) in [6.45, 7) is 3.02. The van der Waals surface area contributed by atoms with Crippen LogP contribution in [-0.2, 0) is 12.7 Å². The fourth-order valence-electron chi connectivity index (χ4n) is 3.75. The Hall–Kier alpha value is -3.79. The number of pyridine rings is 2. The molecule has 1 saturated heterocycles. The standard InChI is InChI=1S/C23H19F3N6O/c24-23(25,26)17-4-5-28-20(10-17)29-22(33)21-18-9-15(2-3-19(18)30-31-21)16-8-14(11-27-12-16)13-32-6-1-7-32/h2-5,8-12H,1,6-7,13H2,(H,30,31)(H,28,29,33). The second kappa shape index (κ2) is 8.28. The molecular weight excluding hydrogens is 433 g/mol. The number of amides is 1. The van der Waals surface area contributed by atoms with Crippen LogP contribution in [0.5, 0.6) is 0 Å². The maximum Gasteiger partial charge on any atom is 0.416 e. The van der Waals surface area contributed by atoms with Gasteiger partial charge in [0.05, 0.1) is 11.1 Å². The lowest BCUT2D eigenvalue weighted by atomic mass is 10.0. The number of carbonyl (C=O) groups excluding carboxylic acids is 1. The van der Waals surface area contributed by atoms with Crippen molar-refractivity contribution in [3.05, 3.63) is 71.8 Å². The molecule has 4 aromatic rings. The third kappa shape index (κ3) is 4.42. The summed E-state index contributed by atoms with van der Waals surface area (Å²) in [5.74, 6) is -0.861. The molecule has 1 aromatic carbocycles. The Morgan fingerprint density at radius 1 is 1.09 bits per heavy atom. The molecule has 1 aliphatic rings. The van der Waals surface area contributed by atoms with E-state index >= 15 is 0 Å². The number of hydrogen-bond donors (Lipinski definition) is 2. The number of benzene rings is 1. The minimum Gasteiger partial charge on any atom is -0.305 e. The van der Waals surface area contributed by atoms with Crippen LogP contribution in [0.15, 0.2) is 55.0 Å². The van der Waals surface area contributed by atoms with Gasteiger partial charge in [-0.05, 0) is 61.0 Å². The number of likely N-dealkylation sites (tertiary alicyclic amines) is 1. The average molecular weight is 452 g/mol. The van der Waals surface area contributed by atoms with Gasteiger partial charge in [-0.25, -0.2) is 4.98 Å². The van der Waals surface area contributed by atoms with Crippen molar-refractivity contribution in [2.75, 3.05) is 18.4 Å². The highest BCUT2D eigenvalue weighted by Gasteiger charge is 2.31. The summed E-state index contributed by atoms with van der Waals surface area (Å²) in [5, 5.41) is 9.80. The van der Waals surface area contributed by atoms with Crippen LogP contribution in [0.1, 0.15) is 28.0 Å². The summed E-state index contributed by atoms with van der Waals surface area (Å²) in [4.78, 5) is 23.3. The predicted molar refractivity (Wildman–Crippen MR) is 116 cm³/mol. The number of fused-ring (bicyclic) bond motifs is 1. The van der Waals surface area contributed by atoms with E-state index in [1.165, 1.54) is 6.42 Å². The normalized spacial score (nSPS) is 14.3. The van der Waals surface area contributed by atoms with Crippen molar-refractivity contribution < 1.29 is 18.0 Å². The number of H-pyrrole nitrogens is 1. The number of nitrogens with zero attached hydrogens (tertiary/aromatic N) is 4. The van der Waals surface area contributed by atoms with Crippen LogP contribution >= 0.6 is 0 Å². The van der Waals surface area contributed by atoms with Gasteiger partial charge in [0.15, 0.2) is 5.69 Å². The van der Waals surface area contributed by atoms with Crippen molar-refractivity contribution in [3.8, 4) is 11.1 Å². The number of aromatic nitrogens is 4. The van der Waals surface area contributed by atoms with Crippen LogP contribution in [0.4, 0.5) is 19.0 Å². The fraction of sp³-hybridized carbons (Fsp3) is 0.217. The monoisotopic (exact) mass is 452 g/mol. The molecule has 0 radical (unpaired) electrons. The molecule has 0 spiro atoms. The van der Waals surface area contributed by atoms with E-state index in [1.807, 2.05) is 18.3 Å². The van der Waals surface area contributed by atoms with Crippen molar-refractivity contribution in [1.29, 1.82) is 0 Å². The highest BCUT2D eigenvalue weighted by atomic mass is 19.4. The number of hydrogen-bond acceptors (Lipinski definition) is 5. The van der Waals surface area contributed by atoms with E-state index in [0.717, 1.165) is 54.7 Å². The molecule has 1 aliphatic heterocycles. The maximum absolute atomic E-state index is 12.9. The van der Waals surface area contributed by atoms with Gasteiger partial charge < -0.3 is 5.32 Å². The molecule has 0 bridgehead atoms. The number of rotatable bonds is 5. The summed E-state index contributed by atoms with van der Waals surface area (Å²) in [5.41, 5.74) is 2.66. The highest BCUT2D eigenvalue weighted by Crippen LogP contribution is 2.30. The molecule has 5 rings (SSSR count). The Labute approximate surface area is 186 Å². The molecule has 2 N–H and O–H groups in total. The first-order chi connectivity index (χ1) is 15.9. The quantitative estimate of drug-likeness (QED) is 0.466. The van der Waals surface area contributed by atoms with Crippen molar-refractivity contribution >= 4 is 22.6 Å². The Morgan fingerprint density at radius 3 is 2.70 bits per heavy atom. The Kier molecular flexibility index (Phi) is 5.29. The smallest absolute Gasteiger partial charge is 0.305 e. The van der Waals surface area contributed by atoms with Crippen molar-refractivity contribution in [2.24, 2.45) is 0 Å². The van der Waals surface area contributed by atoms with Crippen molar-refractivity contribution in [2.45, 2.75) is 19.1 Å². The number of alkyl halides is 3. The molecule has 0 atom stereocenters. The molecule has 1 fully saturated rings. The van der Waals surface area contributed by atoms with Crippen molar-refractivity contribution in [3.63, 3.8) is 0 Å². The molecule has 33 heavy (non-hydrogen) atoms. The largest absolute Gasteiger partial charge is 0.416 e. The summed E-state index contributed by atoms with van der Waals surface area (Å²) in [6, 6.07) is 9.22. The van der Waals surface area contributed by atoms with E-state index in [0.29, 0.717) is 10.9 Å². The zero-order valence-electron chi connectivity index (χ0n) is 17.4. The van der Waals surface area contributed by atoms with Gasteiger partial charge in [-0.15, -0.1) is 0 Å². The van der Waals surface area contributed by atoms with Gasteiger partial charge in [-0.2, -0.15) is 18.3 Å². The SMILES string of the molecule is O=C(Nc1cc(C(F)(F)F)ccn1)c1n[nH]c2ccc(-c3cncc(CN4CCC4)c3)cc12. The third-order valence-corrected chi connectivity index (χ3v) is 5.59. The van der Waals surface area contributed by atoms with E-state index in [2.05, 4.69) is 36.4 Å². The molecule has 0 aliphatic carbocycles. The van der Waals surface area contributed by atoms with Crippen LogP contribution in [0, 0.1) is 0 Å². The predicted octanol–water partition coefficient (Wildman–Crippen LogP) is 4.50. The lowest BCUT2D eigenvalue weighted by Gasteiger charge is -2.30. The van der Waals surface area contributed by atoms with Crippen molar-refractivity contribution in [1.82, 2.24) is 25.1 Å². The Balaban J connectivity index is 1.42. The molecule has 168 valence electrons. The number of carbonyl (C=O) groups is 1. The number of halogens is 3. The molecule has 4 heterocycles. The molecule has 10 heteroatoms. The Bertz CT molecular complexity index is 1330. The minimum atomic E-state index is -4.53.